The fourth-order valence-corrected chi connectivity index (χ4v) is 2.79. The number of rotatable bonds is 2. The van der Waals surface area contributed by atoms with Crippen LogP contribution in [0.4, 0.5) is 0 Å². The van der Waals surface area contributed by atoms with Crippen LogP contribution in [-0.4, -0.2) is 16.1 Å². The first-order valence-electron chi connectivity index (χ1n) is 5.05. The van der Waals surface area contributed by atoms with Gasteiger partial charge < -0.3 is 5.11 Å². The topological polar surface area (TPSA) is 50.2 Å². The molecule has 0 atom stereocenters. The zero-order chi connectivity index (χ0) is 15.0. The molecule has 3 nitrogen and oxygen atoms in total. The van der Waals surface area contributed by atoms with Crippen LogP contribution in [0, 0.1) is 0 Å². The fraction of sp³-hybridized carbons (Fsp3) is 0. The van der Waals surface area contributed by atoms with Crippen LogP contribution in [0.25, 0.3) is 11.3 Å². The Hall–Kier alpha value is -0.710. The molecular formula is C12H4Cl5NO2. The first kappa shape index (κ1) is 15.7. The van der Waals surface area contributed by atoms with Gasteiger partial charge >= 0.3 is 5.97 Å². The summed E-state index contributed by atoms with van der Waals surface area (Å²) >= 11 is 29.7. The predicted molar refractivity (Wildman–Crippen MR) is 81.7 cm³/mol. The third-order valence-electron chi connectivity index (χ3n) is 2.48. The predicted octanol–water partition coefficient (Wildman–Crippen LogP) is 5.71. The van der Waals surface area contributed by atoms with Gasteiger partial charge in [-0.2, -0.15) is 0 Å². The molecule has 104 valence electrons. The minimum atomic E-state index is -1.26. The maximum absolute atomic E-state index is 11.2. The van der Waals surface area contributed by atoms with Gasteiger partial charge in [-0.3, -0.25) is 4.98 Å². The van der Waals surface area contributed by atoms with E-state index in [1.165, 1.54) is 12.3 Å². The van der Waals surface area contributed by atoms with Crippen molar-refractivity contribution in [3.05, 3.63) is 49.0 Å². The van der Waals surface area contributed by atoms with Crippen LogP contribution in [0.15, 0.2) is 18.3 Å². The van der Waals surface area contributed by atoms with Gasteiger partial charge in [-0.05, 0) is 12.1 Å². The Kier molecular flexibility index (Phi) is 4.67. The van der Waals surface area contributed by atoms with E-state index in [9.17, 15) is 4.79 Å². The van der Waals surface area contributed by atoms with Crippen LogP contribution in [0.5, 0.6) is 0 Å². The first-order chi connectivity index (χ1) is 9.34. The number of pyridine rings is 1. The van der Waals surface area contributed by atoms with Crippen LogP contribution >= 0.6 is 58.0 Å². The normalized spacial score (nSPS) is 10.7. The maximum atomic E-state index is 11.2. The molecule has 1 aromatic heterocycles. The Balaban J connectivity index is 2.75. The second-order valence-electron chi connectivity index (χ2n) is 3.67. The maximum Gasteiger partial charge on any atom is 0.338 e. The molecule has 0 bridgehead atoms. The van der Waals surface area contributed by atoms with Crippen molar-refractivity contribution in [2.45, 2.75) is 0 Å². The highest BCUT2D eigenvalue weighted by Crippen LogP contribution is 2.41. The van der Waals surface area contributed by atoms with Crippen molar-refractivity contribution in [2.24, 2.45) is 0 Å². The van der Waals surface area contributed by atoms with E-state index in [0.717, 1.165) is 0 Å². The zero-order valence-corrected chi connectivity index (χ0v) is 13.2. The smallest absolute Gasteiger partial charge is 0.338 e. The number of aromatic nitrogens is 1. The molecule has 20 heavy (non-hydrogen) atoms. The molecule has 1 N–H and O–H groups in total. The summed E-state index contributed by atoms with van der Waals surface area (Å²) in [5.74, 6) is -1.26. The van der Waals surface area contributed by atoms with Crippen LogP contribution in [0.2, 0.25) is 25.1 Å². The highest BCUT2D eigenvalue weighted by atomic mass is 35.5. The van der Waals surface area contributed by atoms with Crippen molar-refractivity contribution in [1.29, 1.82) is 0 Å². The summed E-state index contributed by atoms with van der Waals surface area (Å²) in [6.07, 6.45) is 1.19. The van der Waals surface area contributed by atoms with Gasteiger partial charge in [-0.25, -0.2) is 4.79 Å². The Morgan fingerprint density at radius 2 is 1.60 bits per heavy atom. The van der Waals surface area contributed by atoms with E-state index < -0.39 is 5.97 Å². The van der Waals surface area contributed by atoms with E-state index in [4.69, 9.17) is 63.1 Å². The summed E-state index contributed by atoms with van der Waals surface area (Å²) in [4.78, 5) is 15.2. The standard InChI is InChI=1S/C12H4Cl5NO2/c13-5-2-1-4(8(15)9(5)16)11-10(17)7(12(19)20)6(14)3-18-11/h1-3H,(H,19,20). The van der Waals surface area contributed by atoms with Gasteiger partial charge in [0.25, 0.3) is 0 Å². The quantitative estimate of drug-likeness (QED) is 0.688. The average molecular weight is 371 g/mol. The molecule has 1 heterocycles. The first-order valence-corrected chi connectivity index (χ1v) is 6.94. The van der Waals surface area contributed by atoms with E-state index >= 15 is 0 Å². The highest BCUT2D eigenvalue weighted by molar-refractivity contribution is 6.49. The summed E-state index contributed by atoms with van der Waals surface area (Å²) in [5.41, 5.74) is 0.280. The summed E-state index contributed by atoms with van der Waals surface area (Å²) in [6.45, 7) is 0. The minimum Gasteiger partial charge on any atom is -0.478 e. The molecule has 0 aliphatic carbocycles. The minimum absolute atomic E-state index is 0.0672. The number of benzene rings is 1. The number of hydrogen-bond acceptors (Lipinski definition) is 2. The van der Waals surface area contributed by atoms with Gasteiger partial charge in [-0.1, -0.05) is 58.0 Å². The second-order valence-corrected chi connectivity index (χ2v) is 5.62. The Labute approximate surface area is 139 Å². The lowest BCUT2D eigenvalue weighted by molar-refractivity contribution is 0.0697. The molecule has 0 aliphatic heterocycles. The van der Waals surface area contributed by atoms with Gasteiger partial charge in [0.1, 0.15) is 5.56 Å². The van der Waals surface area contributed by atoms with E-state index in [1.807, 2.05) is 0 Å². The van der Waals surface area contributed by atoms with Gasteiger partial charge in [-0.15, -0.1) is 0 Å². The van der Waals surface area contributed by atoms with E-state index in [1.54, 1.807) is 6.07 Å². The van der Waals surface area contributed by atoms with Gasteiger partial charge in [0, 0.05) is 11.8 Å². The molecule has 0 unspecified atom stereocenters. The molecule has 0 fully saturated rings. The van der Waals surface area contributed by atoms with Crippen LogP contribution < -0.4 is 0 Å². The molecular weight excluding hydrogens is 367 g/mol. The van der Waals surface area contributed by atoms with Crippen molar-refractivity contribution < 1.29 is 9.90 Å². The number of carboxylic acids is 1. The van der Waals surface area contributed by atoms with Crippen LogP contribution in [-0.2, 0) is 0 Å². The van der Waals surface area contributed by atoms with Crippen molar-refractivity contribution in [1.82, 2.24) is 4.98 Å². The lowest BCUT2D eigenvalue weighted by Gasteiger charge is -2.10. The molecule has 0 aliphatic rings. The van der Waals surface area contributed by atoms with Crippen molar-refractivity contribution in [3.63, 3.8) is 0 Å². The zero-order valence-electron chi connectivity index (χ0n) is 9.42. The van der Waals surface area contributed by atoms with Gasteiger partial charge in [0.05, 0.1) is 30.8 Å². The fourth-order valence-electron chi connectivity index (χ4n) is 1.56. The molecule has 1 aromatic carbocycles. The van der Waals surface area contributed by atoms with Crippen LogP contribution in [0.1, 0.15) is 10.4 Å². The van der Waals surface area contributed by atoms with Gasteiger partial charge in [0.15, 0.2) is 0 Å². The Morgan fingerprint density at radius 1 is 0.950 bits per heavy atom. The van der Waals surface area contributed by atoms with Crippen molar-refractivity contribution in [3.8, 4) is 11.3 Å². The Bertz CT molecular complexity index is 717. The van der Waals surface area contributed by atoms with E-state index in [2.05, 4.69) is 4.98 Å². The third kappa shape index (κ3) is 2.69. The van der Waals surface area contributed by atoms with Crippen molar-refractivity contribution >= 4 is 64.0 Å². The lowest BCUT2D eigenvalue weighted by Crippen LogP contribution is -2.02. The SMILES string of the molecule is O=C(O)c1c(Cl)cnc(-c2ccc(Cl)c(Cl)c2Cl)c1Cl. The highest BCUT2D eigenvalue weighted by Gasteiger charge is 2.21. The average Bonchev–Trinajstić information content (AvgIpc) is 2.37. The number of nitrogens with zero attached hydrogens (tertiary/aromatic N) is 1. The molecule has 0 saturated heterocycles. The number of aromatic carboxylic acids is 1. The molecule has 0 amide bonds. The number of hydrogen-bond donors (Lipinski definition) is 1. The van der Waals surface area contributed by atoms with E-state index in [0.29, 0.717) is 5.56 Å². The largest absolute Gasteiger partial charge is 0.478 e. The molecule has 8 heteroatoms. The van der Waals surface area contributed by atoms with Crippen molar-refractivity contribution in [2.75, 3.05) is 0 Å². The molecule has 0 saturated carbocycles. The summed E-state index contributed by atoms with van der Waals surface area (Å²) in [6, 6.07) is 3.06. The van der Waals surface area contributed by atoms with E-state index in [-0.39, 0.29) is 36.4 Å². The summed E-state index contributed by atoms with van der Waals surface area (Å²) < 4.78 is 0. The lowest BCUT2D eigenvalue weighted by atomic mass is 10.1. The second kappa shape index (κ2) is 5.96. The number of carbonyl (C=O) groups is 1. The molecule has 2 rings (SSSR count). The monoisotopic (exact) mass is 369 g/mol. The molecule has 2 aromatic rings. The third-order valence-corrected chi connectivity index (χ3v) is 4.43. The number of halogens is 5. The van der Waals surface area contributed by atoms with Gasteiger partial charge in [0.2, 0.25) is 0 Å². The summed E-state index contributed by atoms with van der Waals surface area (Å²) in [5, 5.41) is 9.46. The molecule has 0 radical (unpaired) electrons. The summed E-state index contributed by atoms with van der Waals surface area (Å²) in [7, 11) is 0. The van der Waals surface area contributed by atoms with Crippen LogP contribution in [0.3, 0.4) is 0 Å². The molecule has 0 spiro atoms. The number of carboxylic acid groups (broad SMARTS) is 1. The Morgan fingerprint density at radius 3 is 2.20 bits per heavy atom.